The van der Waals surface area contributed by atoms with Gasteiger partial charge in [-0.1, -0.05) is 12.0 Å². The maximum atomic E-state index is 13.7. The van der Waals surface area contributed by atoms with Crippen molar-refractivity contribution in [3.63, 3.8) is 0 Å². The van der Waals surface area contributed by atoms with E-state index in [1.54, 1.807) is 6.26 Å². The SMILES string of the molecule is N[C@H](CF)C1CCC(C(=O)N2CCC(=C3CCCCC3)[C@H]2C(=O)Nc2ccc3occc3c2)CC1. The number of nitrogens with zero attached hydrogens (tertiary/aromatic N) is 1. The molecule has 6 nitrogen and oxygen atoms in total. The Morgan fingerprint density at radius 1 is 1.09 bits per heavy atom. The Kier molecular flexibility index (Phi) is 7.23. The number of likely N-dealkylation sites (tertiary alicyclic amines) is 1. The normalized spacial score (nSPS) is 26.2. The number of halogens is 1. The molecule has 3 aliphatic rings. The van der Waals surface area contributed by atoms with Gasteiger partial charge >= 0.3 is 0 Å². The fourth-order valence-corrected chi connectivity index (χ4v) is 6.31. The molecule has 2 atom stereocenters. The smallest absolute Gasteiger partial charge is 0.251 e. The predicted octanol–water partition coefficient (Wildman–Crippen LogP) is 5.34. The highest BCUT2D eigenvalue weighted by atomic mass is 19.1. The number of furan rings is 1. The van der Waals surface area contributed by atoms with Crippen LogP contribution in [-0.2, 0) is 9.59 Å². The first-order valence-electron chi connectivity index (χ1n) is 13.2. The Labute approximate surface area is 206 Å². The van der Waals surface area contributed by atoms with Crippen LogP contribution in [0, 0.1) is 11.8 Å². The number of allylic oxidation sites excluding steroid dienone is 1. The second-order valence-corrected chi connectivity index (χ2v) is 10.5. The van der Waals surface area contributed by atoms with E-state index in [9.17, 15) is 14.0 Å². The average molecular weight is 482 g/mol. The van der Waals surface area contributed by atoms with Gasteiger partial charge in [-0.2, -0.15) is 0 Å². The van der Waals surface area contributed by atoms with Crippen molar-refractivity contribution in [2.24, 2.45) is 17.6 Å². The number of hydrogen-bond acceptors (Lipinski definition) is 4. The molecule has 2 saturated carbocycles. The number of benzene rings is 1. The molecule has 2 heterocycles. The quantitative estimate of drug-likeness (QED) is 0.565. The van der Waals surface area contributed by atoms with E-state index in [0.717, 1.165) is 61.5 Å². The van der Waals surface area contributed by atoms with Crippen molar-refractivity contribution in [3.8, 4) is 0 Å². The van der Waals surface area contributed by atoms with Crippen molar-refractivity contribution < 1.29 is 18.4 Å². The average Bonchev–Trinajstić information content (AvgIpc) is 3.55. The zero-order valence-corrected chi connectivity index (χ0v) is 20.3. The van der Waals surface area contributed by atoms with Crippen LogP contribution < -0.4 is 11.1 Å². The molecule has 0 spiro atoms. The van der Waals surface area contributed by atoms with Crippen LogP contribution in [0.15, 0.2) is 46.1 Å². The predicted molar refractivity (Wildman–Crippen MR) is 134 cm³/mol. The summed E-state index contributed by atoms with van der Waals surface area (Å²) in [7, 11) is 0. The van der Waals surface area contributed by atoms with Gasteiger partial charge in [0.25, 0.3) is 5.91 Å². The highest BCUT2D eigenvalue weighted by Crippen LogP contribution is 2.38. The molecule has 0 unspecified atom stereocenters. The fraction of sp³-hybridized carbons (Fsp3) is 0.571. The first kappa shape index (κ1) is 24.0. The standard InChI is InChI=1S/C28H36FN3O3/c29-17-24(30)19-6-8-20(9-7-19)28(34)32-14-12-23(18-4-2-1-3-5-18)26(32)27(33)31-22-10-11-25-21(16-22)13-15-35-25/h10-11,13,15-16,19-20,24,26H,1-9,12,14,17,30H2,(H,31,33)/t19?,20?,24-,26+/m1/s1. The first-order valence-corrected chi connectivity index (χ1v) is 13.2. The molecule has 2 aromatic rings. The van der Waals surface area contributed by atoms with E-state index in [-0.39, 0.29) is 23.7 Å². The number of carbonyl (C=O) groups excluding carboxylic acids is 2. The molecule has 2 aliphatic carbocycles. The summed E-state index contributed by atoms with van der Waals surface area (Å²) >= 11 is 0. The van der Waals surface area contributed by atoms with E-state index in [1.807, 2.05) is 29.2 Å². The lowest BCUT2D eigenvalue weighted by Gasteiger charge is -2.34. The van der Waals surface area contributed by atoms with Crippen LogP contribution >= 0.6 is 0 Å². The van der Waals surface area contributed by atoms with Crippen LogP contribution in [0.1, 0.15) is 64.2 Å². The van der Waals surface area contributed by atoms with E-state index in [2.05, 4.69) is 5.32 Å². The number of amides is 2. The molecule has 0 bridgehead atoms. The zero-order chi connectivity index (χ0) is 24.4. The topological polar surface area (TPSA) is 88.6 Å². The highest BCUT2D eigenvalue weighted by Gasteiger charge is 2.42. The second kappa shape index (κ2) is 10.5. The van der Waals surface area contributed by atoms with E-state index in [0.29, 0.717) is 25.1 Å². The number of rotatable bonds is 5. The number of nitrogens with one attached hydrogen (secondary N) is 1. The lowest BCUT2D eigenvalue weighted by molar-refractivity contribution is -0.140. The largest absolute Gasteiger partial charge is 0.464 e. The molecule has 188 valence electrons. The Balaban J connectivity index is 1.36. The van der Waals surface area contributed by atoms with Crippen molar-refractivity contribution in [3.05, 3.63) is 41.7 Å². The summed E-state index contributed by atoms with van der Waals surface area (Å²) < 4.78 is 18.4. The van der Waals surface area contributed by atoms with Gasteiger partial charge in [-0.3, -0.25) is 9.59 Å². The maximum absolute atomic E-state index is 13.7. The minimum Gasteiger partial charge on any atom is -0.464 e. The lowest BCUT2D eigenvalue weighted by atomic mass is 9.78. The number of fused-ring (bicyclic) bond motifs is 1. The van der Waals surface area contributed by atoms with Gasteiger partial charge in [0.05, 0.1) is 6.26 Å². The Bertz CT molecular complexity index is 1090. The van der Waals surface area contributed by atoms with E-state index >= 15 is 0 Å². The van der Waals surface area contributed by atoms with Crippen molar-refractivity contribution in [2.75, 3.05) is 18.5 Å². The van der Waals surface area contributed by atoms with Crippen LogP contribution in [0.5, 0.6) is 0 Å². The number of hydrogen-bond donors (Lipinski definition) is 2. The van der Waals surface area contributed by atoms with Crippen LogP contribution in [-0.4, -0.2) is 42.0 Å². The van der Waals surface area contributed by atoms with Crippen LogP contribution in [0.25, 0.3) is 11.0 Å². The molecule has 1 aromatic heterocycles. The molecule has 1 saturated heterocycles. The molecule has 3 fully saturated rings. The maximum Gasteiger partial charge on any atom is 0.251 e. The Morgan fingerprint density at radius 2 is 1.86 bits per heavy atom. The summed E-state index contributed by atoms with van der Waals surface area (Å²) in [5, 5.41) is 4.01. The molecule has 7 heteroatoms. The zero-order valence-electron chi connectivity index (χ0n) is 20.3. The summed E-state index contributed by atoms with van der Waals surface area (Å²) in [4.78, 5) is 29.2. The van der Waals surface area contributed by atoms with E-state index in [4.69, 9.17) is 10.2 Å². The molecule has 35 heavy (non-hydrogen) atoms. The monoisotopic (exact) mass is 481 g/mol. The summed E-state index contributed by atoms with van der Waals surface area (Å²) in [6.45, 7) is 0.0691. The van der Waals surface area contributed by atoms with Gasteiger partial charge in [0.2, 0.25) is 5.91 Å². The molecule has 3 N–H and O–H groups in total. The fourth-order valence-electron chi connectivity index (χ4n) is 6.31. The van der Waals surface area contributed by atoms with Gasteiger partial charge in [0, 0.05) is 29.6 Å². The number of nitrogens with two attached hydrogens (primary N) is 1. The third-order valence-electron chi connectivity index (χ3n) is 8.33. The van der Waals surface area contributed by atoms with Crippen molar-refractivity contribution in [1.29, 1.82) is 0 Å². The molecular formula is C28H36FN3O3. The minimum absolute atomic E-state index is 0.0640. The van der Waals surface area contributed by atoms with Crippen LogP contribution in [0.4, 0.5) is 10.1 Å². The van der Waals surface area contributed by atoms with Gasteiger partial charge in [-0.15, -0.1) is 0 Å². The van der Waals surface area contributed by atoms with Gasteiger partial charge in [0.1, 0.15) is 18.3 Å². The molecule has 1 aliphatic heterocycles. The third-order valence-corrected chi connectivity index (χ3v) is 8.33. The molecule has 5 rings (SSSR count). The van der Waals surface area contributed by atoms with Gasteiger partial charge in [0.15, 0.2) is 0 Å². The van der Waals surface area contributed by atoms with E-state index < -0.39 is 18.8 Å². The lowest BCUT2D eigenvalue weighted by Crippen LogP contribution is -2.47. The first-order chi connectivity index (χ1) is 17.0. The molecule has 1 aromatic carbocycles. The Morgan fingerprint density at radius 3 is 2.60 bits per heavy atom. The second-order valence-electron chi connectivity index (χ2n) is 10.5. The molecule has 2 amide bonds. The highest BCUT2D eigenvalue weighted by molar-refractivity contribution is 6.01. The third kappa shape index (κ3) is 5.01. The summed E-state index contributed by atoms with van der Waals surface area (Å²) in [5.74, 6) is -0.0557. The number of carbonyl (C=O) groups is 2. The van der Waals surface area contributed by atoms with Crippen molar-refractivity contribution in [1.82, 2.24) is 4.90 Å². The minimum atomic E-state index is -0.554. The van der Waals surface area contributed by atoms with Gasteiger partial charge in [-0.05, 0) is 93.5 Å². The van der Waals surface area contributed by atoms with Gasteiger partial charge in [-0.25, -0.2) is 4.39 Å². The van der Waals surface area contributed by atoms with Crippen LogP contribution in [0.3, 0.4) is 0 Å². The number of anilines is 1. The summed E-state index contributed by atoms with van der Waals surface area (Å²) in [6.07, 6.45) is 10.9. The van der Waals surface area contributed by atoms with Crippen molar-refractivity contribution >= 4 is 28.5 Å². The molecular weight excluding hydrogens is 445 g/mol. The number of alkyl halides is 1. The molecule has 0 radical (unpaired) electrons. The summed E-state index contributed by atoms with van der Waals surface area (Å²) in [5.41, 5.74) is 9.91. The van der Waals surface area contributed by atoms with Gasteiger partial charge < -0.3 is 20.4 Å². The van der Waals surface area contributed by atoms with Crippen molar-refractivity contribution in [2.45, 2.75) is 76.3 Å². The Hall–Kier alpha value is -2.67. The van der Waals surface area contributed by atoms with Crippen LogP contribution in [0.2, 0.25) is 0 Å². The van der Waals surface area contributed by atoms with E-state index in [1.165, 1.54) is 12.0 Å². The summed E-state index contributed by atoms with van der Waals surface area (Å²) in [6, 6.07) is 6.47.